The fourth-order valence-electron chi connectivity index (χ4n) is 3.68. The van der Waals surface area contributed by atoms with Crippen molar-refractivity contribution >= 4 is 5.91 Å². The van der Waals surface area contributed by atoms with Gasteiger partial charge >= 0.3 is 0 Å². The number of benzene rings is 1. The normalized spacial score (nSPS) is 17.3. The number of carbonyl (C=O) groups is 1. The standard InChI is InChI=1S/C21H23FN4O2/c1-13(2)18-10-19(28-25-18)21(27)26-9-3-4-15(12-26)20-17(11-23-24-20)14-5-7-16(22)8-6-14/h5-8,10-11,13,15H,3-4,9,12H2,1-2H3,(H,23,24)/t15-/m1/s1. The molecular weight excluding hydrogens is 359 g/mol. The van der Waals surface area contributed by atoms with Crippen LogP contribution in [-0.2, 0) is 0 Å². The molecule has 1 aromatic carbocycles. The number of piperidine rings is 1. The number of likely N-dealkylation sites (tertiary alicyclic amines) is 1. The van der Waals surface area contributed by atoms with E-state index < -0.39 is 0 Å². The monoisotopic (exact) mass is 382 g/mol. The summed E-state index contributed by atoms with van der Waals surface area (Å²) in [5, 5.41) is 11.3. The Labute approximate surface area is 162 Å². The van der Waals surface area contributed by atoms with E-state index in [4.69, 9.17) is 4.52 Å². The Kier molecular flexibility index (Phi) is 4.98. The van der Waals surface area contributed by atoms with E-state index >= 15 is 0 Å². The molecular formula is C21H23FN4O2. The Morgan fingerprint density at radius 1 is 1.32 bits per heavy atom. The smallest absolute Gasteiger partial charge is 0.292 e. The van der Waals surface area contributed by atoms with Crippen LogP contribution in [0.15, 0.2) is 41.1 Å². The predicted molar refractivity (Wildman–Crippen MR) is 102 cm³/mol. The van der Waals surface area contributed by atoms with Crippen LogP contribution in [0.4, 0.5) is 4.39 Å². The van der Waals surface area contributed by atoms with Crippen LogP contribution in [0.3, 0.4) is 0 Å². The van der Waals surface area contributed by atoms with Crippen LogP contribution in [0.5, 0.6) is 0 Å². The fourth-order valence-corrected chi connectivity index (χ4v) is 3.68. The number of nitrogens with one attached hydrogen (secondary N) is 1. The van der Waals surface area contributed by atoms with Gasteiger partial charge in [-0.05, 0) is 36.5 Å². The van der Waals surface area contributed by atoms with E-state index in [1.165, 1.54) is 12.1 Å². The van der Waals surface area contributed by atoms with Gasteiger partial charge in [0, 0.05) is 36.3 Å². The second kappa shape index (κ2) is 7.58. The highest BCUT2D eigenvalue weighted by molar-refractivity contribution is 5.91. The number of aromatic nitrogens is 3. The van der Waals surface area contributed by atoms with Crippen molar-refractivity contribution in [1.82, 2.24) is 20.3 Å². The third kappa shape index (κ3) is 3.56. The molecule has 4 rings (SSSR count). The van der Waals surface area contributed by atoms with Crippen molar-refractivity contribution in [3.8, 4) is 11.1 Å². The first kappa shape index (κ1) is 18.4. The second-order valence-corrected chi connectivity index (χ2v) is 7.57. The molecule has 1 N–H and O–H groups in total. The van der Waals surface area contributed by atoms with Crippen LogP contribution >= 0.6 is 0 Å². The zero-order valence-electron chi connectivity index (χ0n) is 16.0. The molecule has 1 atom stereocenters. The van der Waals surface area contributed by atoms with Gasteiger partial charge in [0.05, 0.1) is 11.9 Å². The summed E-state index contributed by atoms with van der Waals surface area (Å²) >= 11 is 0. The average molecular weight is 382 g/mol. The SMILES string of the molecule is CC(C)c1cc(C(=O)N2CCC[C@@H](c3[nH]ncc3-c3ccc(F)cc3)C2)on1. The number of amides is 1. The quantitative estimate of drug-likeness (QED) is 0.728. The summed E-state index contributed by atoms with van der Waals surface area (Å²) in [6, 6.07) is 8.11. The van der Waals surface area contributed by atoms with Crippen LogP contribution < -0.4 is 0 Å². The summed E-state index contributed by atoms with van der Waals surface area (Å²) in [6.07, 6.45) is 3.60. The highest BCUT2D eigenvalue weighted by Crippen LogP contribution is 2.33. The second-order valence-electron chi connectivity index (χ2n) is 7.57. The van der Waals surface area contributed by atoms with Crippen molar-refractivity contribution in [2.75, 3.05) is 13.1 Å². The number of hydrogen-bond donors (Lipinski definition) is 1. The van der Waals surface area contributed by atoms with Crippen molar-refractivity contribution in [1.29, 1.82) is 0 Å². The van der Waals surface area contributed by atoms with Gasteiger partial charge < -0.3 is 9.42 Å². The van der Waals surface area contributed by atoms with Gasteiger partial charge in [0.1, 0.15) is 5.82 Å². The first-order chi connectivity index (χ1) is 13.5. The molecule has 1 aliphatic rings. The number of aromatic amines is 1. The molecule has 3 heterocycles. The molecule has 0 saturated carbocycles. The molecule has 1 saturated heterocycles. The Balaban J connectivity index is 1.54. The lowest BCUT2D eigenvalue weighted by Gasteiger charge is -2.32. The predicted octanol–water partition coefficient (Wildman–Crippen LogP) is 4.35. The molecule has 1 aliphatic heterocycles. The lowest BCUT2D eigenvalue weighted by Crippen LogP contribution is -2.39. The molecule has 0 aliphatic carbocycles. The van der Waals surface area contributed by atoms with Crippen molar-refractivity contribution in [2.24, 2.45) is 0 Å². The number of H-pyrrole nitrogens is 1. The maximum absolute atomic E-state index is 13.3. The van der Waals surface area contributed by atoms with E-state index in [9.17, 15) is 9.18 Å². The highest BCUT2D eigenvalue weighted by Gasteiger charge is 2.30. The van der Waals surface area contributed by atoms with Gasteiger partial charge in [-0.2, -0.15) is 5.10 Å². The third-order valence-electron chi connectivity index (χ3n) is 5.27. The Morgan fingerprint density at radius 2 is 2.11 bits per heavy atom. The zero-order valence-corrected chi connectivity index (χ0v) is 16.0. The van der Waals surface area contributed by atoms with Gasteiger partial charge in [-0.3, -0.25) is 9.89 Å². The number of hydrogen-bond acceptors (Lipinski definition) is 4. The van der Waals surface area contributed by atoms with Crippen LogP contribution in [-0.4, -0.2) is 39.3 Å². The van der Waals surface area contributed by atoms with Crippen LogP contribution in [0.2, 0.25) is 0 Å². The van der Waals surface area contributed by atoms with E-state index in [2.05, 4.69) is 15.4 Å². The van der Waals surface area contributed by atoms with E-state index in [0.717, 1.165) is 35.4 Å². The molecule has 7 heteroatoms. The Bertz CT molecular complexity index is 961. The maximum Gasteiger partial charge on any atom is 0.292 e. The van der Waals surface area contributed by atoms with Gasteiger partial charge in [0.2, 0.25) is 5.76 Å². The topological polar surface area (TPSA) is 75.0 Å². The van der Waals surface area contributed by atoms with Gasteiger partial charge in [-0.15, -0.1) is 0 Å². The number of rotatable bonds is 4. The van der Waals surface area contributed by atoms with E-state index in [1.807, 2.05) is 18.7 Å². The first-order valence-corrected chi connectivity index (χ1v) is 9.58. The summed E-state index contributed by atoms with van der Waals surface area (Å²) in [5.41, 5.74) is 3.61. The summed E-state index contributed by atoms with van der Waals surface area (Å²) < 4.78 is 18.5. The fraction of sp³-hybridized carbons (Fsp3) is 0.381. The summed E-state index contributed by atoms with van der Waals surface area (Å²) in [4.78, 5) is 14.7. The molecule has 0 radical (unpaired) electrons. The first-order valence-electron chi connectivity index (χ1n) is 9.58. The maximum atomic E-state index is 13.3. The van der Waals surface area contributed by atoms with Crippen molar-refractivity contribution in [3.63, 3.8) is 0 Å². The van der Waals surface area contributed by atoms with E-state index in [0.29, 0.717) is 13.1 Å². The van der Waals surface area contributed by atoms with Crippen LogP contribution in [0.25, 0.3) is 11.1 Å². The van der Waals surface area contributed by atoms with Gasteiger partial charge in [0.25, 0.3) is 5.91 Å². The third-order valence-corrected chi connectivity index (χ3v) is 5.27. The minimum atomic E-state index is -0.268. The largest absolute Gasteiger partial charge is 0.351 e. The minimum absolute atomic E-state index is 0.132. The summed E-state index contributed by atoms with van der Waals surface area (Å²) in [6.45, 7) is 5.29. The molecule has 146 valence electrons. The summed E-state index contributed by atoms with van der Waals surface area (Å²) in [7, 11) is 0. The Morgan fingerprint density at radius 3 is 2.82 bits per heavy atom. The molecule has 3 aromatic rings. The van der Waals surface area contributed by atoms with Gasteiger partial charge in [-0.25, -0.2) is 4.39 Å². The molecule has 0 spiro atoms. The molecule has 0 bridgehead atoms. The van der Waals surface area contributed by atoms with Crippen LogP contribution in [0.1, 0.15) is 60.5 Å². The summed E-state index contributed by atoms with van der Waals surface area (Å²) in [5.74, 6) is 0.228. The number of nitrogens with zero attached hydrogens (tertiary/aromatic N) is 3. The highest BCUT2D eigenvalue weighted by atomic mass is 19.1. The average Bonchev–Trinajstić information content (AvgIpc) is 3.38. The molecule has 2 aromatic heterocycles. The van der Waals surface area contributed by atoms with Crippen molar-refractivity contribution < 1.29 is 13.7 Å². The zero-order chi connectivity index (χ0) is 19.7. The lowest BCUT2D eigenvalue weighted by molar-refractivity contribution is 0.0664. The van der Waals surface area contributed by atoms with E-state index in [1.54, 1.807) is 24.4 Å². The molecule has 6 nitrogen and oxygen atoms in total. The molecule has 0 unspecified atom stereocenters. The van der Waals surface area contributed by atoms with Crippen molar-refractivity contribution in [2.45, 2.75) is 38.5 Å². The van der Waals surface area contributed by atoms with Gasteiger partial charge in [-0.1, -0.05) is 31.1 Å². The van der Waals surface area contributed by atoms with Crippen LogP contribution in [0, 0.1) is 5.82 Å². The Hall–Kier alpha value is -2.96. The molecule has 28 heavy (non-hydrogen) atoms. The molecule has 1 fully saturated rings. The van der Waals surface area contributed by atoms with Gasteiger partial charge in [0.15, 0.2) is 0 Å². The molecule has 1 amide bonds. The minimum Gasteiger partial charge on any atom is -0.351 e. The van der Waals surface area contributed by atoms with Crippen molar-refractivity contribution in [3.05, 3.63) is 59.5 Å². The number of halogens is 1. The number of carbonyl (C=O) groups excluding carboxylic acids is 1. The lowest BCUT2D eigenvalue weighted by atomic mass is 9.90. The van der Waals surface area contributed by atoms with E-state index in [-0.39, 0.29) is 29.3 Å².